The number of esters is 1. The summed E-state index contributed by atoms with van der Waals surface area (Å²) in [6, 6.07) is 21.4. The second-order valence-electron chi connectivity index (χ2n) is 9.26. The lowest BCUT2D eigenvalue weighted by atomic mass is 10.1. The number of hydrogen-bond donors (Lipinski definition) is 2. The third kappa shape index (κ3) is 8.94. The molecule has 0 aliphatic carbocycles. The Kier molecular flexibility index (Phi) is 9.27. The van der Waals surface area contributed by atoms with Gasteiger partial charge in [-0.3, -0.25) is 0 Å². The summed E-state index contributed by atoms with van der Waals surface area (Å²) in [5.41, 5.74) is 0.159. The van der Waals surface area contributed by atoms with Crippen LogP contribution in [0.2, 0.25) is 0 Å². The molecule has 190 valence electrons. The molecule has 8 nitrogen and oxygen atoms in total. The van der Waals surface area contributed by atoms with E-state index in [0.717, 1.165) is 16.3 Å². The van der Waals surface area contributed by atoms with Gasteiger partial charge in [0.2, 0.25) is 0 Å². The molecular weight excluding hydrogens is 460 g/mol. The van der Waals surface area contributed by atoms with E-state index in [1.807, 2.05) is 60.7 Å². The summed E-state index contributed by atoms with van der Waals surface area (Å²) in [6.45, 7) is 5.62. The number of amides is 2. The van der Waals surface area contributed by atoms with E-state index in [-0.39, 0.29) is 19.6 Å². The lowest BCUT2D eigenvalue weighted by Crippen LogP contribution is -2.45. The van der Waals surface area contributed by atoms with E-state index in [4.69, 9.17) is 14.2 Å². The third-order valence-corrected chi connectivity index (χ3v) is 5.07. The summed E-state index contributed by atoms with van der Waals surface area (Å²) < 4.78 is 16.0. The van der Waals surface area contributed by atoms with Crippen LogP contribution >= 0.6 is 0 Å². The van der Waals surface area contributed by atoms with E-state index in [0.29, 0.717) is 12.2 Å². The average molecular weight is 493 g/mol. The van der Waals surface area contributed by atoms with Gasteiger partial charge in [-0.05, 0) is 62.1 Å². The van der Waals surface area contributed by atoms with Crippen LogP contribution in [0.5, 0.6) is 5.75 Å². The van der Waals surface area contributed by atoms with E-state index in [1.165, 1.54) is 0 Å². The van der Waals surface area contributed by atoms with E-state index >= 15 is 0 Å². The number of benzene rings is 3. The van der Waals surface area contributed by atoms with Crippen molar-refractivity contribution in [3.05, 3.63) is 78.4 Å². The molecule has 0 spiro atoms. The van der Waals surface area contributed by atoms with Gasteiger partial charge in [0, 0.05) is 6.54 Å². The van der Waals surface area contributed by atoms with Crippen LogP contribution in [0.1, 0.15) is 39.2 Å². The number of hydrogen-bond acceptors (Lipinski definition) is 6. The van der Waals surface area contributed by atoms with Crippen LogP contribution < -0.4 is 15.4 Å². The normalized spacial score (nSPS) is 11.9. The van der Waals surface area contributed by atoms with Crippen LogP contribution in [0.25, 0.3) is 10.8 Å². The number of alkyl carbamates (subject to hydrolysis) is 2. The molecule has 8 heteroatoms. The molecule has 3 aromatic carbocycles. The third-order valence-electron chi connectivity index (χ3n) is 5.07. The summed E-state index contributed by atoms with van der Waals surface area (Å²) >= 11 is 0. The van der Waals surface area contributed by atoms with Gasteiger partial charge in [-0.25, -0.2) is 14.4 Å². The van der Waals surface area contributed by atoms with E-state index in [9.17, 15) is 14.4 Å². The molecule has 3 aromatic rings. The van der Waals surface area contributed by atoms with Gasteiger partial charge in [-0.15, -0.1) is 0 Å². The molecule has 0 aliphatic heterocycles. The van der Waals surface area contributed by atoms with Crippen molar-refractivity contribution in [2.24, 2.45) is 0 Å². The first-order valence-corrected chi connectivity index (χ1v) is 11.8. The Morgan fingerprint density at radius 2 is 1.56 bits per heavy atom. The van der Waals surface area contributed by atoms with Crippen molar-refractivity contribution >= 4 is 28.9 Å². The Bertz CT molecular complexity index is 1170. The Hall–Kier alpha value is -4.07. The predicted octanol–water partition coefficient (Wildman–Crippen LogP) is 5.35. The first-order chi connectivity index (χ1) is 17.2. The molecule has 0 saturated heterocycles. The van der Waals surface area contributed by atoms with Crippen LogP contribution in [-0.2, 0) is 20.9 Å². The fourth-order valence-corrected chi connectivity index (χ4v) is 3.39. The monoisotopic (exact) mass is 492 g/mol. The molecule has 0 aromatic heterocycles. The minimum Gasteiger partial charge on any atom is -0.445 e. The van der Waals surface area contributed by atoms with Crippen molar-refractivity contribution in [3.63, 3.8) is 0 Å². The Labute approximate surface area is 210 Å². The van der Waals surface area contributed by atoms with Gasteiger partial charge in [0.15, 0.2) is 0 Å². The average Bonchev–Trinajstić information content (AvgIpc) is 2.84. The van der Waals surface area contributed by atoms with Crippen LogP contribution in [0.4, 0.5) is 9.59 Å². The van der Waals surface area contributed by atoms with Gasteiger partial charge in [0.05, 0.1) is 0 Å². The summed E-state index contributed by atoms with van der Waals surface area (Å²) in [5.74, 6) is -0.250. The predicted molar refractivity (Wildman–Crippen MR) is 137 cm³/mol. The smallest absolute Gasteiger partial charge is 0.408 e. The van der Waals surface area contributed by atoms with E-state index in [1.54, 1.807) is 32.9 Å². The number of carbonyl (C=O) groups is 3. The molecule has 2 N–H and O–H groups in total. The summed E-state index contributed by atoms with van der Waals surface area (Å²) in [7, 11) is 0. The standard InChI is InChI=1S/C28H32N2O6/c1-28(2,3)36-27(33)30-24(14-9-17-29-26(32)34-19-20-10-5-4-6-11-20)25(31)35-23-16-15-21-12-7-8-13-22(21)18-23/h4-8,10-13,15-16,18,24H,9,14,17,19H2,1-3H3,(H,29,32)(H,30,33)/t24-/m0/s1. The molecule has 0 radical (unpaired) electrons. The summed E-state index contributed by atoms with van der Waals surface area (Å²) in [6.07, 6.45) is -0.661. The molecule has 0 saturated carbocycles. The van der Waals surface area contributed by atoms with Crippen LogP contribution in [0.15, 0.2) is 72.8 Å². The lowest BCUT2D eigenvalue weighted by molar-refractivity contribution is -0.137. The van der Waals surface area contributed by atoms with Gasteiger partial charge in [0.25, 0.3) is 0 Å². The molecule has 0 aliphatic rings. The van der Waals surface area contributed by atoms with Crippen LogP contribution in [0.3, 0.4) is 0 Å². The highest BCUT2D eigenvalue weighted by atomic mass is 16.6. The van der Waals surface area contributed by atoms with Crippen molar-refractivity contribution in [1.82, 2.24) is 10.6 Å². The second-order valence-corrected chi connectivity index (χ2v) is 9.26. The van der Waals surface area contributed by atoms with E-state index < -0.39 is 29.8 Å². The molecule has 0 heterocycles. The van der Waals surface area contributed by atoms with Crippen molar-refractivity contribution < 1.29 is 28.6 Å². The highest BCUT2D eigenvalue weighted by Gasteiger charge is 2.26. The molecular formula is C28H32N2O6. The zero-order valence-corrected chi connectivity index (χ0v) is 20.8. The quantitative estimate of drug-likeness (QED) is 0.237. The number of carbonyl (C=O) groups excluding carboxylic acids is 3. The Balaban J connectivity index is 1.54. The maximum Gasteiger partial charge on any atom is 0.408 e. The minimum atomic E-state index is -0.964. The molecule has 3 rings (SSSR count). The highest BCUT2D eigenvalue weighted by Crippen LogP contribution is 2.21. The van der Waals surface area contributed by atoms with Crippen molar-refractivity contribution in [2.75, 3.05) is 6.54 Å². The lowest BCUT2D eigenvalue weighted by Gasteiger charge is -2.23. The zero-order chi connectivity index (χ0) is 26.0. The summed E-state index contributed by atoms with van der Waals surface area (Å²) in [5, 5.41) is 7.19. The van der Waals surface area contributed by atoms with Gasteiger partial charge >= 0.3 is 18.2 Å². The fraction of sp³-hybridized carbons (Fsp3) is 0.321. The molecule has 36 heavy (non-hydrogen) atoms. The highest BCUT2D eigenvalue weighted by molar-refractivity contribution is 5.86. The first kappa shape index (κ1) is 26.5. The SMILES string of the molecule is CC(C)(C)OC(=O)N[C@@H](CCCNC(=O)OCc1ccccc1)C(=O)Oc1ccc2ccccc2c1. The number of ether oxygens (including phenoxy) is 3. The molecule has 0 fully saturated rings. The molecule has 1 atom stereocenters. The zero-order valence-electron chi connectivity index (χ0n) is 20.8. The minimum absolute atomic E-state index is 0.160. The van der Waals surface area contributed by atoms with Crippen LogP contribution in [-0.4, -0.2) is 36.3 Å². The van der Waals surface area contributed by atoms with Gasteiger partial charge < -0.3 is 24.8 Å². The van der Waals surface area contributed by atoms with Crippen molar-refractivity contribution in [2.45, 2.75) is 51.9 Å². The second kappa shape index (κ2) is 12.6. The number of fused-ring (bicyclic) bond motifs is 1. The molecule has 2 amide bonds. The van der Waals surface area contributed by atoms with Crippen LogP contribution in [0, 0.1) is 0 Å². The molecule has 0 unspecified atom stereocenters. The van der Waals surface area contributed by atoms with Crippen molar-refractivity contribution in [3.8, 4) is 5.75 Å². The Morgan fingerprint density at radius 3 is 2.28 bits per heavy atom. The first-order valence-electron chi connectivity index (χ1n) is 11.8. The van der Waals surface area contributed by atoms with Gasteiger partial charge in [-0.2, -0.15) is 0 Å². The molecule has 0 bridgehead atoms. The number of nitrogens with one attached hydrogen (secondary N) is 2. The maximum atomic E-state index is 12.9. The Morgan fingerprint density at radius 1 is 0.861 bits per heavy atom. The van der Waals surface area contributed by atoms with Gasteiger partial charge in [-0.1, -0.05) is 60.7 Å². The maximum absolute atomic E-state index is 12.9. The number of rotatable bonds is 9. The summed E-state index contributed by atoms with van der Waals surface area (Å²) in [4.78, 5) is 37.2. The fourth-order valence-electron chi connectivity index (χ4n) is 3.39. The largest absolute Gasteiger partial charge is 0.445 e. The topological polar surface area (TPSA) is 103 Å². The van der Waals surface area contributed by atoms with Crippen molar-refractivity contribution in [1.29, 1.82) is 0 Å². The van der Waals surface area contributed by atoms with Gasteiger partial charge in [0.1, 0.15) is 24.0 Å². The van der Waals surface area contributed by atoms with E-state index in [2.05, 4.69) is 10.6 Å².